The molecule has 0 radical (unpaired) electrons. The van der Waals surface area contributed by atoms with Gasteiger partial charge in [0.1, 0.15) is 5.69 Å². The fourth-order valence-electron chi connectivity index (χ4n) is 3.30. The molecule has 1 aliphatic rings. The molecular weight excluding hydrogens is 334 g/mol. The highest BCUT2D eigenvalue weighted by Crippen LogP contribution is 2.33. The molecule has 4 rings (SSSR count). The van der Waals surface area contributed by atoms with Crippen molar-refractivity contribution in [2.75, 3.05) is 13.7 Å². The summed E-state index contributed by atoms with van der Waals surface area (Å²) in [5, 5.41) is 10.8. The van der Waals surface area contributed by atoms with Crippen molar-refractivity contribution in [2.24, 2.45) is 0 Å². The minimum absolute atomic E-state index is 0.0281. The van der Waals surface area contributed by atoms with Crippen LogP contribution in [-0.4, -0.2) is 44.9 Å². The number of H-pyrrole nitrogens is 1. The number of nitrogens with zero attached hydrogens (tertiary/aromatic N) is 4. The van der Waals surface area contributed by atoms with Gasteiger partial charge in [-0.2, -0.15) is 10.1 Å². The van der Waals surface area contributed by atoms with Gasteiger partial charge < -0.3 is 9.26 Å². The second-order valence-electron chi connectivity index (χ2n) is 6.21. The van der Waals surface area contributed by atoms with E-state index in [1.165, 1.54) is 7.11 Å². The molecule has 1 aliphatic heterocycles. The Kier molecular flexibility index (Phi) is 4.49. The van der Waals surface area contributed by atoms with Crippen LogP contribution in [-0.2, 0) is 11.3 Å². The van der Waals surface area contributed by atoms with E-state index in [0.29, 0.717) is 24.0 Å². The van der Waals surface area contributed by atoms with Gasteiger partial charge in [-0.15, -0.1) is 0 Å². The summed E-state index contributed by atoms with van der Waals surface area (Å²) < 4.78 is 10.3. The first kappa shape index (κ1) is 16.5. The van der Waals surface area contributed by atoms with Crippen LogP contribution in [0.5, 0.6) is 0 Å². The quantitative estimate of drug-likeness (QED) is 0.704. The molecule has 2 aromatic heterocycles. The third kappa shape index (κ3) is 3.11. The summed E-state index contributed by atoms with van der Waals surface area (Å²) in [6.45, 7) is 1.45. The maximum atomic E-state index is 11.8. The van der Waals surface area contributed by atoms with Crippen molar-refractivity contribution in [1.29, 1.82) is 0 Å². The van der Waals surface area contributed by atoms with Gasteiger partial charge in [0.25, 0.3) is 0 Å². The summed E-state index contributed by atoms with van der Waals surface area (Å²) in [6.07, 6.45) is 3.62. The molecule has 0 bridgehead atoms. The SMILES string of the molecule is COC(=O)c1[nH]ncc1CN1CCC[C@H]1c1nc(-c2ccccc2)no1. The number of carbonyl (C=O) groups is 1. The maximum Gasteiger partial charge on any atom is 0.356 e. The number of esters is 1. The number of benzene rings is 1. The van der Waals surface area contributed by atoms with E-state index in [1.54, 1.807) is 6.20 Å². The highest BCUT2D eigenvalue weighted by Gasteiger charge is 2.32. The number of hydrogen-bond donors (Lipinski definition) is 1. The highest BCUT2D eigenvalue weighted by molar-refractivity contribution is 5.88. The molecule has 1 saturated heterocycles. The van der Waals surface area contributed by atoms with Crippen LogP contribution in [0.25, 0.3) is 11.4 Å². The third-order valence-corrected chi connectivity index (χ3v) is 4.60. The second-order valence-corrected chi connectivity index (χ2v) is 6.21. The molecule has 0 aliphatic carbocycles. The number of ether oxygens (including phenoxy) is 1. The predicted octanol–water partition coefficient (Wildman–Crippen LogP) is 2.58. The third-order valence-electron chi connectivity index (χ3n) is 4.60. The first-order chi connectivity index (χ1) is 12.8. The summed E-state index contributed by atoms with van der Waals surface area (Å²) >= 11 is 0. The first-order valence-electron chi connectivity index (χ1n) is 8.50. The summed E-state index contributed by atoms with van der Waals surface area (Å²) in [6, 6.07) is 9.78. The average Bonchev–Trinajstić information content (AvgIpc) is 3.42. The number of rotatable bonds is 5. The molecule has 0 spiro atoms. The molecule has 26 heavy (non-hydrogen) atoms. The van der Waals surface area contributed by atoms with Crippen LogP contribution in [0.15, 0.2) is 41.1 Å². The van der Waals surface area contributed by atoms with Crippen LogP contribution in [0.4, 0.5) is 0 Å². The molecule has 0 saturated carbocycles. The minimum Gasteiger partial charge on any atom is -0.464 e. The van der Waals surface area contributed by atoms with Crippen molar-refractivity contribution in [1.82, 2.24) is 25.2 Å². The molecule has 1 N–H and O–H groups in total. The number of aromatic amines is 1. The van der Waals surface area contributed by atoms with E-state index >= 15 is 0 Å². The van der Waals surface area contributed by atoms with E-state index in [2.05, 4.69) is 25.2 Å². The van der Waals surface area contributed by atoms with Gasteiger partial charge in [-0.3, -0.25) is 10.00 Å². The van der Waals surface area contributed by atoms with Gasteiger partial charge in [-0.05, 0) is 19.4 Å². The van der Waals surface area contributed by atoms with Crippen LogP contribution < -0.4 is 0 Å². The summed E-state index contributed by atoms with van der Waals surface area (Å²) in [5.41, 5.74) is 2.11. The van der Waals surface area contributed by atoms with Crippen LogP contribution in [0, 0.1) is 0 Å². The lowest BCUT2D eigenvalue weighted by atomic mass is 10.2. The van der Waals surface area contributed by atoms with E-state index in [0.717, 1.165) is 30.5 Å². The number of likely N-dealkylation sites (tertiary alicyclic amines) is 1. The minimum atomic E-state index is -0.419. The fraction of sp³-hybridized carbons (Fsp3) is 0.333. The smallest absolute Gasteiger partial charge is 0.356 e. The highest BCUT2D eigenvalue weighted by atomic mass is 16.5. The van der Waals surface area contributed by atoms with Gasteiger partial charge in [-0.1, -0.05) is 35.5 Å². The zero-order valence-corrected chi connectivity index (χ0v) is 14.4. The van der Waals surface area contributed by atoms with Gasteiger partial charge in [0.05, 0.1) is 19.3 Å². The lowest BCUT2D eigenvalue weighted by Gasteiger charge is -2.21. The van der Waals surface area contributed by atoms with E-state index in [9.17, 15) is 4.79 Å². The Balaban J connectivity index is 1.54. The zero-order chi connectivity index (χ0) is 17.9. The Labute approximate surface area is 150 Å². The fourth-order valence-corrected chi connectivity index (χ4v) is 3.30. The number of methoxy groups -OCH3 is 1. The molecule has 3 aromatic rings. The van der Waals surface area contributed by atoms with Crippen molar-refractivity contribution in [2.45, 2.75) is 25.4 Å². The summed E-state index contributed by atoms with van der Waals surface area (Å²) in [7, 11) is 1.36. The van der Waals surface area contributed by atoms with Gasteiger partial charge >= 0.3 is 5.97 Å². The normalized spacial score (nSPS) is 17.5. The largest absolute Gasteiger partial charge is 0.464 e. The van der Waals surface area contributed by atoms with Crippen molar-refractivity contribution in [3.63, 3.8) is 0 Å². The van der Waals surface area contributed by atoms with E-state index in [4.69, 9.17) is 9.26 Å². The molecule has 8 heteroatoms. The summed E-state index contributed by atoms with van der Waals surface area (Å²) in [5.74, 6) is 0.771. The molecule has 0 unspecified atom stereocenters. The predicted molar refractivity (Wildman–Crippen MR) is 92.0 cm³/mol. The molecule has 1 fully saturated rings. The lowest BCUT2D eigenvalue weighted by molar-refractivity contribution is 0.0591. The standard InChI is InChI=1S/C18H19N5O3/c1-25-18(24)15-13(10-19-21-15)11-23-9-5-8-14(23)17-20-16(22-26-17)12-6-3-2-4-7-12/h2-4,6-7,10,14H,5,8-9,11H2,1H3,(H,19,21)/t14-/m0/s1. The Bertz CT molecular complexity index is 889. The number of carbonyl (C=O) groups excluding carboxylic acids is 1. The van der Waals surface area contributed by atoms with Gasteiger partial charge in [-0.25, -0.2) is 4.79 Å². The Morgan fingerprint density at radius 3 is 3.04 bits per heavy atom. The Hall–Kier alpha value is -3.00. The van der Waals surface area contributed by atoms with E-state index < -0.39 is 5.97 Å². The maximum absolute atomic E-state index is 11.8. The number of aromatic nitrogens is 4. The number of nitrogens with one attached hydrogen (secondary N) is 1. The van der Waals surface area contributed by atoms with Crippen molar-refractivity contribution in [3.8, 4) is 11.4 Å². The molecule has 8 nitrogen and oxygen atoms in total. The molecule has 3 heterocycles. The van der Waals surface area contributed by atoms with Crippen LogP contribution in [0.3, 0.4) is 0 Å². The Morgan fingerprint density at radius 2 is 2.23 bits per heavy atom. The average molecular weight is 353 g/mol. The molecule has 1 atom stereocenters. The second kappa shape index (κ2) is 7.09. The van der Waals surface area contributed by atoms with E-state index in [1.807, 2.05) is 30.3 Å². The lowest BCUT2D eigenvalue weighted by Crippen LogP contribution is -2.24. The van der Waals surface area contributed by atoms with Gasteiger partial charge in [0.15, 0.2) is 0 Å². The number of hydrogen-bond acceptors (Lipinski definition) is 7. The van der Waals surface area contributed by atoms with Crippen LogP contribution in [0.2, 0.25) is 0 Å². The van der Waals surface area contributed by atoms with Crippen molar-refractivity contribution >= 4 is 5.97 Å². The zero-order valence-electron chi connectivity index (χ0n) is 14.4. The van der Waals surface area contributed by atoms with Crippen LogP contribution in [0.1, 0.15) is 40.8 Å². The molecular formula is C18H19N5O3. The van der Waals surface area contributed by atoms with Crippen LogP contribution >= 0.6 is 0 Å². The molecule has 0 amide bonds. The molecule has 134 valence electrons. The molecule has 1 aromatic carbocycles. The monoisotopic (exact) mass is 353 g/mol. The van der Waals surface area contributed by atoms with E-state index in [-0.39, 0.29) is 6.04 Å². The van der Waals surface area contributed by atoms with Gasteiger partial charge in [0, 0.05) is 17.7 Å². The van der Waals surface area contributed by atoms with Crippen molar-refractivity contribution in [3.05, 3.63) is 53.7 Å². The Morgan fingerprint density at radius 1 is 1.38 bits per heavy atom. The summed E-state index contributed by atoms with van der Waals surface area (Å²) in [4.78, 5) is 18.6. The van der Waals surface area contributed by atoms with Gasteiger partial charge in [0.2, 0.25) is 11.7 Å². The first-order valence-corrected chi connectivity index (χ1v) is 8.50. The van der Waals surface area contributed by atoms with Crippen molar-refractivity contribution < 1.29 is 14.1 Å². The topological polar surface area (TPSA) is 97.1 Å².